The lowest BCUT2D eigenvalue weighted by atomic mass is 10.2. The maximum absolute atomic E-state index is 11.7. The van der Waals surface area contributed by atoms with Gasteiger partial charge in [-0.3, -0.25) is 4.79 Å². The summed E-state index contributed by atoms with van der Waals surface area (Å²) in [7, 11) is 0. The molecule has 17 heavy (non-hydrogen) atoms. The molecule has 0 bridgehead atoms. The Kier molecular flexibility index (Phi) is 2.99. The highest BCUT2D eigenvalue weighted by Gasteiger charge is 2.39. The monoisotopic (exact) mass is 233 g/mol. The zero-order valence-corrected chi connectivity index (χ0v) is 9.55. The molecular formula is C12H15N3O2. The van der Waals surface area contributed by atoms with E-state index in [0.29, 0.717) is 17.2 Å². The van der Waals surface area contributed by atoms with Crippen molar-refractivity contribution >= 4 is 17.4 Å². The Hall–Kier alpha value is -2.04. The Morgan fingerprint density at radius 1 is 1.59 bits per heavy atom. The first-order valence-corrected chi connectivity index (χ1v) is 5.50. The Morgan fingerprint density at radius 2 is 2.29 bits per heavy atom. The van der Waals surface area contributed by atoms with Gasteiger partial charge in [0.2, 0.25) is 5.91 Å². The van der Waals surface area contributed by atoms with Crippen molar-refractivity contribution < 1.29 is 10.0 Å². The van der Waals surface area contributed by atoms with Gasteiger partial charge < -0.3 is 16.3 Å². The standard InChI is InChI=1S/C12H15N3O2/c1-7-5-10(7)12(16)14-9-4-2-3-8(6-9)11(13)15-17/h2-4,6-7,10,17H,5H2,1H3,(H2,13,15)(H,14,16). The summed E-state index contributed by atoms with van der Waals surface area (Å²) in [6, 6.07) is 6.92. The van der Waals surface area contributed by atoms with Crippen LogP contribution >= 0.6 is 0 Å². The summed E-state index contributed by atoms with van der Waals surface area (Å²) in [5.41, 5.74) is 6.72. The average molecular weight is 233 g/mol. The van der Waals surface area contributed by atoms with Crippen molar-refractivity contribution in [1.29, 1.82) is 0 Å². The van der Waals surface area contributed by atoms with Crippen LogP contribution in [0.5, 0.6) is 0 Å². The molecule has 1 aliphatic carbocycles. The van der Waals surface area contributed by atoms with Gasteiger partial charge in [-0.05, 0) is 24.5 Å². The summed E-state index contributed by atoms with van der Waals surface area (Å²) < 4.78 is 0. The van der Waals surface area contributed by atoms with Gasteiger partial charge in [-0.2, -0.15) is 0 Å². The van der Waals surface area contributed by atoms with Crippen molar-refractivity contribution in [2.45, 2.75) is 13.3 Å². The molecule has 1 aromatic carbocycles. The van der Waals surface area contributed by atoms with E-state index in [1.54, 1.807) is 24.3 Å². The smallest absolute Gasteiger partial charge is 0.227 e. The molecule has 1 aromatic rings. The lowest BCUT2D eigenvalue weighted by Crippen LogP contribution is -2.16. The van der Waals surface area contributed by atoms with Gasteiger partial charge in [0.1, 0.15) is 0 Å². The van der Waals surface area contributed by atoms with Gasteiger partial charge in [-0.1, -0.05) is 24.2 Å². The second-order valence-corrected chi connectivity index (χ2v) is 4.37. The van der Waals surface area contributed by atoms with Gasteiger partial charge in [-0.25, -0.2) is 0 Å². The molecule has 1 amide bonds. The summed E-state index contributed by atoms with van der Waals surface area (Å²) in [5.74, 6) is 0.666. The first kappa shape index (κ1) is 11.4. The summed E-state index contributed by atoms with van der Waals surface area (Å²) in [6.07, 6.45) is 0.950. The predicted molar refractivity (Wildman–Crippen MR) is 64.9 cm³/mol. The quantitative estimate of drug-likeness (QED) is 0.319. The number of anilines is 1. The third-order valence-electron chi connectivity index (χ3n) is 2.98. The van der Waals surface area contributed by atoms with Gasteiger partial charge in [0.15, 0.2) is 5.84 Å². The molecular weight excluding hydrogens is 218 g/mol. The number of hydrogen-bond donors (Lipinski definition) is 3. The lowest BCUT2D eigenvalue weighted by molar-refractivity contribution is -0.117. The molecule has 0 heterocycles. The summed E-state index contributed by atoms with van der Waals surface area (Å²) in [4.78, 5) is 11.7. The zero-order valence-electron chi connectivity index (χ0n) is 9.55. The van der Waals surface area contributed by atoms with Crippen molar-refractivity contribution in [3.05, 3.63) is 29.8 Å². The first-order chi connectivity index (χ1) is 8.11. The third-order valence-corrected chi connectivity index (χ3v) is 2.98. The van der Waals surface area contributed by atoms with E-state index in [4.69, 9.17) is 10.9 Å². The second-order valence-electron chi connectivity index (χ2n) is 4.37. The Bertz CT molecular complexity index is 471. The highest BCUT2D eigenvalue weighted by Crippen LogP contribution is 2.38. The molecule has 1 aliphatic rings. The van der Waals surface area contributed by atoms with Crippen molar-refractivity contribution in [1.82, 2.24) is 0 Å². The van der Waals surface area contributed by atoms with E-state index in [1.807, 2.05) is 0 Å². The minimum atomic E-state index is 0.0286. The highest BCUT2D eigenvalue weighted by atomic mass is 16.4. The predicted octanol–water partition coefficient (Wildman–Crippen LogP) is 1.38. The molecule has 90 valence electrons. The highest BCUT2D eigenvalue weighted by molar-refractivity contribution is 5.99. The van der Waals surface area contributed by atoms with Crippen LogP contribution in [0, 0.1) is 11.8 Å². The zero-order chi connectivity index (χ0) is 12.4. The number of benzene rings is 1. The number of nitrogens with two attached hydrogens (primary N) is 1. The number of carbonyl (C=O) groups excluding carboxylic acids is 1. The average Bonchev–Trinajstić information content (AvgIpc) is 3.06. The van der Waals surface area contributed by atoms with Crippen molar-refractivity contribution in [2.24, 2.45) is 22.7 Å². The fraction of sp³-hybridized carbons (Fsp3) is 0.333. The van der Waals surface area contributed by atoms with Gasteiger partial charge in [0, 0.05) is 17.2 Å². The minimum Gasteiger partial charge on any atom is -0.409 e. The van der Waals surface area contributed by atoms with Crippen LogP contribution in [0.15, 0.2) is 29.4 Å². The molecule has 0 aliphatic heterocycles. The maximum atomic E-state index is 11.7. The fourth-order valence-corrected chi connectivity index (χ4v) is 1.74. The molecule has 2 unspecified atom stereocenters. The van der Waals surface area contributed by atoms with E-state index in [1.165, 1.54) is 0 Å². The Morgan fingerprint density at radius 3 is 2.88 bits per heavy atom. The number of hydrogen-bond acceptors (Lipinski definition) is 3. The van der Waals surface area contributed by atoms with Crippen molar-refractivity contribution in [3.8, 4) is 0 Å². The third kappa shape index (κ3) is 2.55. The molecule has 5 nitrogen and oxygen atoms in total. The van der Waals surface area contributed by atoms with Crippen LogP contribution in [0.4, 0.5) is 5.69 Å². The number of oxime groups is 1. The number of nitrogens with zero attached hydrogens (tertiary/aromatic N) is 1. The minimum absolute atomic E-state index is 0.0286. The Labute approximate surface area is 99.3 Å². The van der Waals surface area contributed by atoms with Crippen LogP contribution in [-0.2, 0) is 4.79 Å². The number of nitrogens with one attached hydrogen (secondary N) is 1. The maximum Gasteiger partial charge on any atom is 0.227 e. The summed E-state index contributed by atoms with van der Waals surface area (Å²) >= 11 is 0. The SMILES string of the molecule is CC1CC1C(=O)Nc1cccc(/C(N)=N/O)c1. The Balaban J connectivity index is 2.09. The second kappa shape index (κ2) is 4.45. The molecule has 0 aromatic heterocycles. The van der Waals surface area contributed by atoms with Crippen LogP contribution in [-0.4, -0.2) is 17.0 Å². The van der Waals surface area contributed by atoms with E-state index in [9.17, 15) is 4.79 Å². The topological polar surface area (TPSA) is 87.7 Å². The lowest BCUT2D eigenvalue weighted by Gasteiger charge is -2.06. The first-order valence-electron chi connectivity index (χ1n) is 5.50. The number of amidine groups is 1. The van der Waals surface area contributed by atoms with Crippen molar-refractivity contribution in [2.75, 3.05) is 5.32 Å². The molecule has 0 radical (unpaired) electrons. The van der Waals surface area contributed by atoms with Gasteiger partial charge >= 0.3 is 0 Å². The molecule has 0 spiro atoms. The molecule has 1 fully saturated rings. The molecule has 5 heteroatoms. The van der Waals surface area contributed by atoms with E-state index in [2.05, 4.69) is 17.4 Å². The molecule has 4 N–H and O–H groups in total. The van der Waals surface area contributed by atoms with Gasteiger partial charge in [0.05, 0.1) is 0 Å². The van der Waals surface area contributed by atoms with Crippen LogP contribution in [0.3, 0.4) is 0 Å². The summed E-state index contributed by atoms with van der Waals surface area (Å²) in [6.45, 7) is 2.05. The van der Waals surface area contributed by atoms with E-state index >= 15 is 0 Å². The van der Waals surface area contributed by atoms with Crippen molar-refractivity contribution in [3.63, 3.8) is 0 Å². The van der Waals surface area contributed by atoms with Crippen LogP contribution in [0.25, 0.3) is 0 Å². The fourth-order valence-electron chi connectivity index (χ4n) is 1.74. The summed E-state index contributed by atoms with van der Waals surface area (Å²) in [5, 5.41) is 14.3. The van der Waals surface area contributed by atoms with E-state index in [0.717, 1.165) is 6.42 Å². The number of carbonyl (C=O) groups is 1. The largest absolute Gasteiger partial charge is 0.409 e. The number of amides is 1. The number of rotatable bonds is 3. The van der Waals surface area contributed by atoms with Gasteiger partial charge in [-0.15, -0.1) is 0 Å². The normalized spacial score (nSPS) is 23.2. The molecule has 0 saturated heterocycles. The van der Waals surface area contributed by atoms with Gasteiger partial charge in [0.25, 0.3) is 0 Å². The molecule has 1 saturated carbocycles. The molecule has 2 atom stereocenters. The van der Waals surface area contributed by atoms with E-state index in [-0.39, 0.29) is 17.7 Å². The van der Waals surface area contributed by atoms with Crippen LogP contribution in [0.2, 0.25) is 0 Å². The van der Waals surface area contributed by atoms with E-state index < -0.39 is 0 Å². The van der Waals surface area contributed by atoms with Crippen LogP contribution in [0.1, 0.15) is 18.9 Å². The van der Waals surface area contributed by atoms with Crippen LogP contribution < -0.4 is 11.1 Å². The molecule has 2 rings (SSSR count).